The van der Waals surface area contributed by atoms with Gasteiger partial charge in [-0.25, -0.2) is 4.68 Å². The minimum Gasteiger partial charge on any atom is -0.497 e. The molecule has 1 heterocycles. The van der Waals surface area contributed by atoms with E-state index in [2.05, 4.69) is 12.0 Å². The van der Waals surface area contributed by atoms with Crippen molar-refractivity contribution in [3.8, 4) is 22.7 Å². The lowest BCUT2D eigenvalue weighted by Gasteiger charge is -2.05. The summed E-state index contributed by atoms with van der Waals surface area (Å²) < 4.78 is 7.40. The predicted molar refractivity (Wildman–Crippen MR) is 113 cm³/mol. The van der Waals surface area contributed by atoms with E-state index < -0.39 is 0 Å². The van der Waals surface area contributed by atoms with Crippen molar-refractivity contribution < 1.29 is 4.74 Å². The van der Waals surface area contributed by atoms with Crippen molar-refractivity contribution in [3.05, 3.63) is 70.5 Å². The van der Waals surface area contributed by atoms with Crippen LogP contribution < -0.4 is 10.3 Å². The molecule has 0 fully saturated rings. The number of benzene rings is 2. The topological polar surface area (TPSA) is 47.0 Å². The number of nitrogens with one attached hydrogen (secondary N) is 1. The van der Waals surface area contributed by atoms with Crippen LogP contribution in [-0.4, -0.2) is 26.8 Å². The van der Waals surface area contributed by atoms with Gasteiger partial charge in [0.2, 0.25) is 0 Å². The number of rotatable bonds is 6. The van der Waals surface area contributed by atoms with Crippen molar-refractivity contribution in [2.24, 2.45) is 0 Å². The SMILES string of the molecule is CCCSC(=S)c1c(-c2ccc(OC)cc2)[nH]n(-c2ccccc2)c1=O. The smallest absolute Gasteiger partial charge is 0.281 e. The van der Waals surface area contributed by atoms with Crippen molar-refractivity contribution in [2.75, 3.05) is 12.9 Å². The highest BCUT2D eigenvalue weighted by atomic mass is 32.2. The Morgan fingerprint density at radius 3 is 2.46 bits per heavy atom. The Balaban J connectivity index is 2.14. The highest BCUT2D eigenvalue weighted by molar-refractivity contribution is 8.23. The minimum atomic E-state index is -0.129. The summed E-state index contributed by atoms with van der Waals surface area (Å²) in [6.45, 7) is 2.10. The van der Waals surface area contributed by atoms with Gasteiger partial charge in [0, 0.05) is 5.56 Å². The molecule has 1 aromatic heterocycles. The molecule has 0 aliphatic rings. The summed E-state index contributed by atoms with van der Waals surface area (Å²) in [7, 11) is 1.63. The van der Waals surface area contributed by atoms with Gasteiger partial charge in [-0.05, 0) is 48.6 Å². The van der Waals surface area contributed by atoms with E-state index in [1.54, 1.807) is 23.6 Å². The number of ether oxygens (including phenoxy) is 1. The molecule has 0 saturated carbocycles. The number of thioether (sulfide) groups is 1. The van der Waals surface area contributed by atoms with Crippen LogP contribution in [0.4, 0.5) is 0 Å². The second kappa shape index (κ2) is 8.38. The molecule has 0 aliphatic carbocycles. The maximum absolute atomic E-state index is 13.1. The number of nitrogens with zero attached hydrogens (tertiary/aromatic N) is 1. The van der Waals surface area contributed by atoms with E-state index in [-0.39, 0.29) is 5.56 Å². The summed E-state index contributed by atoms with van der Waals surface area (Å²) in [5.74, 6) is 1.65. The maximum Gasteiger partial charge on any atom is 0.281 e. The third kappa shape index (κ3) is 3.76. The van der Waals surface area contributed by atoms with E-state index in [1.165, 1.54) is 0 Å². The quantitative estimate of drug-likeness (QED) is 0.628. The third-order valence-corrected chi connectivity index (χ3v) is 5.56. The fourth-order valence-electron chi connectivity index (χ4n) is 2.62. The molecule has 3 rings (SSSR count). The highest BCUT2D eigenvalue weighted by Gasteiger charge is 2.20. The van der Waals surface area contributed by atoms with Crippen LogP contribution in [-0.2, 0) is 0 Å². The van der Waals surface area contributed by atoms with Crippen LogP contribution in [0.25, 0.3) is 16.9 Å². The molecule has 6 heteroatoms. The van der Waals surface area contributed by atoms with Crippen LogP contribution in [0.1, 0.15) is 18.9 Å². The second-order valence-electron chi connectivity index (χ2n) is 5.70. The molecule has 0 atom stereocenters. The Kier molecular flexibility index (Phi) is 5.96. The Morgan fingerprint density at radius 1 is 1.15 bits per heavy atom. The van der Waals surface area contributed by atoms with Gasteiger partial charge in [-0.1, -0.05) is 37.3 Å². The van der Waals surface area contributed by atoms with E-state index in [0.717, 1.165) is 34.9 Å². The highest BCUT2D eigenvalue weighted by Crippen LogP contribution is 2.26. The zero-order chi connectivity index (χ0) is 18.5. The maximum atomic E-state index is 13.1. The molecule has 0 spiro atoms. The molecule has 0 bridgehead atoms. The zero-order valence-corrected chi connectivity index (χ0v) is 16.3. The van der Waals surface area contributed by atoms with Crippen molar-refractivity contribution >= 4 is 28.2 Å². The van der Waals surface area contributed by atoms with Gasteiger partial charge in [0.15, 0.2) is 0 Å². The molecule has 0 unspecified atom stereocenters. The number of H-pyrrole nitrogens is 1. The lowest BCUT2D eigenvalue weighted by Crippen LogP contribution is -2.19. The third-order valence-electron chi connectivity index (χ3n) is 3.93. The largest absolute Gasteiger partial charge is 0.497 e. The summed E-state index contributed by atoms with van der Waals surface area (Å²) in [6, 6.07) is 17.1. The summed E-state index contributed by atoms with van der Waals surface area (Å²) >= 11 is 7.12. The van der Waals surface area contributed by atoms with Crippen LogP contribution >= 0.6 is 24.0 Å². The van der Waals surface area contributed by atoms with Crippen LogP contribution in [0.15, 0.2) is 59.4 Å². The average Bonchev–Trinajstić information content (AvgIpc) is 3.04. The van der Waals surface area contributed by atoms with Crippen LogP contribution in [0.5, 0.6) is 5.75 Å². The Bertz CT molecular complexity index is 944. The number of aromatic nitrogens is 2. The zero-order valence-electron chi connectivity index (χ0n) is 14.7. The molecule has 0 amide bonds. The fraction of sp³-hybridized carbons (Fsp3) is 0.200. The number of aromatic amines is 1. The summed E-state index contributed by atoms with van der Waals surface area (Å²) in [5, 5.41) is 3.24. The van der Waals surface area contributed by atoms with E-state index >= 15 is 0 Å². The molecule has 0 saturated heterocycles. The monoisotopic (exact) mass is 384 g/mol. The standard InChI is InChI=1S/C20H20N2O2S2/c1-3-13-26-20(25)17-18(14-9-11-16(24-2)12-10-14)21-22(19(17)23)15-7-5-4-6-8-15/h4-12,21H,3,13H2,1-2H3. The molecule has 1 N–H and O–H groups in total. The van der Waals surface area contributed by atoms with Gasteiger partial charge in [-0.3, -0.25) is 9.89 Å². The molecule has 2 aromatic carbocycles. The number of thiocarbonyl (C=S) groups is 1. The Labute approximate surface area is 162 Å². The fourth-order valence-corrected chi connectivity index (χ4v) is 3.78. The minimum absolute atomic E-state index is 0.129. The Hall–Kier alpha value is -2.31. The van der Waals surface area contributed by atoms with Crippen molar-refractivity contribution in [1.29, 1.82) is 0 Å². The van der Waals surface area contributed by atoms with Gasteiger partial charge in [0.25, 0.3) is 5.56 Å². The van der Waals surface area contributed by atoms with Gasteiger partial charge in [-0.2, -0.15) is 0 Å². The molecule has 4 nitrogen and oxygen atoms in total. The molecule has 134 valence electrons. The number of methoxy groups -OCH3 is 1. The van der Waals surface area contributed by atoms with E-state index in [0.29, 0.717) is 9.76 Å². The molecular weight excluding hydrogens is 364 g/mol. The molecule has 26 heavy (non-hydrogen) atoms. The van der Waals surface area contributed by atoms with Crippen LogP contribution in [0.3, 0.4) is 0 Å². The molecular formula is C20H20N2O2S2. The van der Waals surface area contributed by atoms with Crippen LogP contribution in [0, 0.1) is 0 Å². The summed E-state index contributed by atoms with van der Waals surface area (Å²) in [4.78, 5) is 13.1. The summed E-state index contributed by atoms with van der Waals surface area (Å²) in [5.41, 5.74) is 2.83. The summed E-state index contributed by atoms with van der Waals surface area (Å²) in [6.07, 6.45) is 1.000. The Morgan fingerprint density at radius 2 is 1.85 bits per heavy atom. The van der Waals surface area contributed by atoms with Gasteiger partial charge in [-0.15, -0.1) is 11.8 Å². The number of para-hydroxylation sites is 1. The van der Waals surface area contributed by atoms with Gasteiger partial charge < -0.3 is 4.74 Å². The van der Waals surface area contributed by atoms with Gasteiger partial charge in [0.05, 0.1) is 28.3 Å². The van der Waals surface area contributed by atoms with Crippen molar-refractivity contribution in [2.45, 2.75) is 13.3 Å². The predicted octanol–water partition coefficient (Wildman–Crippen LogP) is 4.66. The van der Waals surface area contributed by atoms with E-state index in [9.17, 15) is 4.79 Å². The first-order chi connectivity index (χ1) is 12.7. The van der Waals surface area contributed by atoms with Gasteiger partial charge in [0.1, 0.15) is 5.75 Å². The number of hydrogen-bond donors (Lipinski definition) is 1. The first-order valence-electron chi connectivity index (χ1n) is 8.37. The van der Waals surface area contributed by atoms with E-state index in [4.69, 9.17) is 17.0 Å². The number of hydrogen-bond acceptors (Lipinski definition) is 4. The van der Waals surface area contributed by atoms with Crippen molar-refractivity contribution in [1.82, 2.24) is 9.78 Å². The van der Waals surface area contributed by atoms with E-state index in [1.807, 2.05) is 54.6 Å². The van der Waals surface area contributed by atoms with Crippen molar-refractivity contribution in [3.63, 3.8) is 0 Å². The first-order valence-corrected chi connectivity index (χ1v) is 9.77. The average molecular weight is 385 g/mol. The van der Waals surface area contributed by atoms with Gasteiger partial charge >= 0.3 is 0 Å². The lowest BCUT2D eigenvalue weighted by molar-refractivity contribution is 0.415. The second-order valence-corrected chi connectivity index (χ2v) is 7.47. The van der Waals surface area contributed by atoms with Crippen LogP contribution in [0.2, 0.25) is 0 Å². The molecule has 3 aromatic rings. The lowest BCUT2D eigenvalue weighted by atomic mass is 10.1. The normalized spacial score (nSPS) is 10.7. The molecule has 0 aliphatic heterocycles. The molecule has 0 radical (unpaired) electrons. The first kappa shape index (κ1) is 18.5.